The lowest BCUT2D eigenvalue weighted by Crippen LogP contribution is -2.24. The molecule has 0 atom stereocenters. The van der Waals surface area contributed by atoms with Crippen molar-refractivity contribution in [2.75, 3.05) is 20.8 Å². The topological polar surface area (TPSA) is 84.0 Å². The van der Waals surface area contributed by atoms with Crippen molar-refractivity contribution in [3.05, 3.63) is 16.8 Å². The summed E-state index contributed by atoms with van der Waals surface area (Å²) in [5, 5.41) is 0. The lowest BCUT2D eigenvalue weighted by atomic mass is 10.1. The third kappa shape index (κ3) is 4.52. The molecular weight excluding hydrogens is 347 g/mol. The number of methoxy groups -OCH3 is 2. The fourth-order valence-electron chi connectivity index (χ4n) is 1.92. The Bertz CT molecular complexity index is 658. The van der Waals surface area contributed by atoms with Crippen LogP contribution in [0.2, 0.25) is 0 Å². The zero-order valence-corrected chi connectivity index (χ0v) is 14.3. The molecular formula is C15H18F3NO6. The van der Waals surface area contributed by atoms with Gasteiger partial charge in [0, 0.05) is 0 Å². The van der Waals surface area contributed by atoms with E-state index < -0.39 is 52.7 Å². The van der Waals surface area contributed by atoms with Crippen LogP contribution < -0.4 is 9.47 Å². The monoisotopic (exact) mass is 365 g/mol. The van der Waals surface area contributed by atoms with Crippen LogP contribution in [0.25, 0.3) is 0 Å². The van der Waals surface area contributed by atoms with Crippen LogP contribution in [0.1, 0.15) is 47.2 Å². The molecule has 0 aliphatic heterocycles. The molecule has 7 nitrogen and oxygen atoms in total. The van der Waals surface area contributed by atoms with Crippen molar-refractivity contribution in [2.24, 2.45) is 0 Å². The van der Waals surface area contributed by atoms with Crippen LogP contribution in [0.5, 0.6) is 11.6 Å². The average Bonchev–Trinajstić information content (AvgIpc) is 2.51. The van der Waals surface area contributed by atoms with Crippen LogP contribution in [0, 0.1) is 0 Å². The summed E-state index contributed by atoms with van der Waals surface area (Å²) in [7, 11) is 2.04. The number of alkyl halides is 3. The Kier molecular flexibility index (Phi) is 6.60. The first-order chi connectivity index (χ1) is 11.6. The zero-order chi connectivity index (χ0) is 19.4. The van der Waals surface area contributed by atoms with Gasteiger partial charge in [-0.3, -0.25) is 0 Å². The van der Waals surface area contributed by atoms with Crippen molar-refractivity contribution in [2.45, 2.75) is 33.1 Å². The fourth-order valence-corrected chi connectivity index (χ4v) is 1.92. The quantitative estimate of drug-likeness (QED) is 0.717. The Labute approximate surface area is 142 Å². The predicted octanol–water partition coefficient (Wildman–Crippen LogP) is 2.86. The second-order valence-electron chi connectivity index (χ2n) is 4.93. The highest BCUT2D eigenvalue weighted by Gasteiger charge is 2.43. The highest BCUT2D eigenvalue weighted by atomic mass is 19.4. The maximum atomic E-state index is 13.4. The lowest BCUT2D eigenvalue weighted by Gasteiger charge is -2.21. The molecule has 0 N–H and O–H groups in total. The van der Waals surface area contributed by atoms with Crippen LogP contribution in [0.15, 0.2) is 0 Å². The summed E-state index contributed by atoms with van der Waals surface area (Å²) in [5.41, 5.74) is -3.12. The minimum absolute atomic E-state index is 0.184. The van der Waals surface area contributed by atoms with Gasteiger partial charge in [0.25, 0.3) is 0 Å². The van der Waals surface area contributed by atoms with Gasteiger partial charge in [-0.25, -0.2) is 14.6 Å². The van der Waals surface area contributed by atoms with Gasteiger partial charge in [0.15, 0.2) is 17.0 Å². The molecule has 140 valence electrons. The number of aromatic nitrogens is 1. The molecule has 0 unspecified atom stereocenters. The normalized spacial score (nSPS) is 11.2. The SMILES string of the molecule is CCOC(=O)c1c(C(F)(F)F)nc(OC)c(C(=O)OC)c1OC(C)C. The Balaban J connectivity index is 3.94. The average molecular weight is 365 g/mol. The van der Waals surface area contributed by atoms with Crippen LogP contribution in [0.3, 0.4) is 0 Å². The smallest absolute Gasteiger partial charge is 0.434 e. The maximum Gasteiger partial charge on any atom is 0.434 e. The fraction of sp³-hybridized carbons (Fsp3) is 0.533. The standard InChI is InChI=1S/C15H18F3NO6/c1-6-24-14(21)8-10(25-7(2)3)9(13(20)23-5)12(22-4)19-11(8)15(16,17)18/h7H,6H2,1-5H3. The molecule has 0 fully saturated rings. The number of pyridine rings is 1. The van der Waals surface area contributed by atoms with E-state index in [0.717, 1.165) is 14.2 Å². The third-order valence-corrected chi connectivity index (χ3v) is 2.80. The van der Waals surface area contributed by atoms with E-state index in [1.807, 2.05) is 0 Å². The Morgan fingerprint density at radius 3 is 2.12 bits per heavy atom. The number of rotatable bonds is 6. The molecule has 0 aromatic carbocycles. The van der Waals surface area contributed by atoms with E-state index in [2.05, 4.69) is 14.5 Å². The van der Waals surface area contributed by atoms with Gasteiger partial charge in [-0.15, -0.1) is 0 Å². The van der Waals surface area contributed by atoms with Gasteiger partial charge >= 0.3 is 18.1 Å². The highest BCUT2D eigenvalue weighted by molar-refractivity contribution is 6.02. The van der Waals surface area contributed by atoms with E-state index >= 15 is 0 Å². The molecule has 0 spiro atoms. The highest BCUT2D eigenvalue weighted by Crippen LogP contribution is 2.41. The summed E-state index contributed by atoms with van der Waals surface area (Å²) in [4.78, 5) is 27.4. The van der Waals surface area contributed by atoms with Gasteiger partial charge in [-0.05, 0) is 20.8 Å². The molecule has 1 heterocycles. The van der Waals surface area contributed by atoms with E-state index in [1.54, 1.807) is 0 Å². The number of ether oxygens (including phenoxy) is 4. The van der Waals surface area contributed by atoms with Gasteiger partial charge in [-0.2, -0.15) is 13.2 Å². The largest absolute Gasteiger partial charge is 0.489 e. The molecule has 1 aromatic rings. The van der Waals surface area contributed by atoms with E-state index in [0.29, 0.717) is 0 Å². The second kappa shape index (κ2) is 8.04. The lowest BCUT2D eigenvalue weighted by molar-refractivity contribution is -0.142. The third-order valence-electron chi connectivity index (χ3n) is 2.80. The summed E-state index contributed by atoms with van der Waals surface area (Å²) in [6.07, 6.45) is -5.68. The minimum atomic E-state index is -5.01. The van der Waals surface area contributed by atoms with Crippen LogP contribution in [0.4, 0.5) is 13.2 Å². The molecule has 0 radical (unpaired) electrons. The van der Waals surface area contributed by atoms with Gasteiger partial charge in [0.05, 0.1) is 26.9 Å². The number of nitrogens with zero attached hydrogens (tertiary/aromatic N) is 1. The van der Waals surface area contributed by atoms with Gasteiger partial charge in [-0.1, -0.05) is 0 Å². The number of halogens is 3. The van der Waals surface area contributed by atoms with E-state index in [1.165, 1.54) is 20.8 Å². The molecule has 0 saturated heterocycles. The van der Waals surface area contributed by atoms with Crippen molar-refractivity contribution in [1.82, 2.24) is 4.98 Å². The van der Waals surface area contributed by atoms with Crippen molar-refractivity contribution in [1.29, 1.82) is 0 Å². The first-order valence-electron chi connectivity index (χ1n) is 7.19. The summed E-state index contributed by atoms with van der Waals surface area (Å²) < 4.78 is 59.5. The minimum Gasteiger partial charge on any atom is -0.489 e. The molecule has 0 saturated carbocycles. The van der Waals surface area contributed by atoms with Gasteiger partial charge < -0.3 is 18.9 Å². The molecule has 1 rings (SSSR count). The van der Waals surface area contributed by atoms with E-state index in [9.17, 15) is 22.8 Å². The predicted molar refractivity (Wildman–Crippen MR) is 78.9 cm³/mol. The number of carbonyl (C=O) groups excluding carboxylic acids is 2. The van der Waals surface area contributed by atoms with E-state index in [4.69, 9.17) is 9.47 Å². The van der Waals surface area contributed by atoms with Crippen molar-refractivity contribution < 1.29 is 41.7 Å². The Hall–Kier alpha value is -2.52. The van der Waals surface area contributed by atoms with E-state index in [-0.39, 0.29) is 6.61 Å². The number of esters is 2. The number of carbonyl (C=O) groups is 2. The summed E-state index contributed by atoms with van der Waals surface area (Å²) in [6.45, 7) is 4.26. The summed E-state index contributed by atoms with van der Waals surface area (Å²) in [5.74, 6) is -3.73. The van der Waals surface area contributed by atoms with Gasteiger partial charge in [0.1, 0.15) is 5.56 Å². The molecule has 10 heteroatoms. The van der Waals surface area contributed by atoms with Gasteiger partial charge in [0.2, 0.25) is 5.88 Å². The number of hydrogen-bond acceptors (Lipinski definition) is 7. The Morgan fingerprint density at radius 1 is 1.12 bits per heavy atom. The van der Waals surface area contributed by atoms with Crippen molar-refractivity contribution in [3.63, 3.8) is 0 Å². The molecule has 0 aliphatic rings. The van der Waals surface area contributed by atoms with Crippen molar-refractivity contribution in [3.8, 4) is 11.6 Å². The van der Waals surface area contributed by atoms with Crippen LogP contribution in [-0.2, 0) is 15.7 Å². The number of hydrogen-bond donors (Lipinski definition) is 0. The molecule has 1 aromatic heterocycles. The van der Waals surface area contributed by atoms with Crippen LogP contribution >= 0.6 is 0 Å². The molecule has 0 aliphatic carbocycles. The summed E-state index contributed by atoms with van der Waals surface area (Å²) in [6, 6.07) is 0. The zero-order valence-electron chi connectivity index (χ0n) is 14.3. The molecule has 0 amide bonds. The first kappa shape index (κ1) is 20.5. The second-order valence-corrected chi connectivity index (χ2v) is 4.93. The Morgan fingerprint density at radius 2 is 1.72 bits per heavy atom. The maximum absolute atomic E-state index is 13.4. The molecule has 0 bridgehead atoms. The first-order valence-corrected chi connectivity index (χ1v) is 7.19. The summed E-state index contributed by atoms with van der Waals surface area (Å²) >= 11 is 0. The van der Waals surface area contributed by atoms with Crippen molar-refractivity contribution >= 4 is 11.9 Å². The van der Waals surface area contributed by atoms with Crippen LogP contribution in [-0.4, -0.2) is 43.9 Å². The molecule has 25 heavy (non-hydrogen) atoms.